The number of hydrogen-bond acceptors (Lipinski definition) is 6. The summed E-state index contributed by atoms with van der Waals surface area (Å²) >= 11 is 0. The van der Waals surface area contributed by atoms with Gasteiger partial charge >= 0.3 is 0 Å². The van der Waals surface area contributed by atoms with Crippen LogP contribution in [0.1, 0.15) is 0 Å². The Hall–Kier alpha value is -3.68. The van der Waals surface area contributed by atoms with Gasteiger partial charge in [-0.1, -0.05) is 24.3 Å². The van der Waals surface area contributed by atoms with Crippen LogP contribution in [0.5, 0.6) is 0 Å². The van der Waals surface area contributed by atoms with E-state index >= 15 is 0 Å². The number of nitro benzene ring substituents is 2. The number of aromatic nitrogens is 2. The smallest absolute Gasteiger partial charge is 0.260 e. The van der Waals surface area contributed by atoms with E-state index in [2.05, 4.69) is 9.97 Å². The third-order valence-electron chi connectivity index (χ3n) is 3.39. The van der Waals surface area contributed by atoms with Crippen LogP contribution >= 0.6 is 0 Å². The summed E-state index contributed by atoms with van der Waals surface area (Å²) in [6.07, 6.45) is 2.78. The molecule has 0 radical (unpaired) electrons. The highest BCUT2D eigenvalue weighted by Gasteiger charge is 2.19. The number of benzene rings is 2. The molecule has 0 aliphatic carbocycles. The fourth-order valence-corrected chi connectivity index (χ4v) is 2.32. The van der Waals surface area contributed by atoms with Crippen LogP contribution in [-0.4, -0.2) is 19.8 Å². The topological polar surface area (TPSA) is 112 Å². The van der Waals surface area contributed by atoms with Crippen molar-refractivity contribution in [2.24, 2.45) is 0 Å². The van der Waals surface area contributed by atoms with Gasteiger partial charge in [-0.15, -0.1) is 0 Å². The molecule has 0 N–H and O–H groups in total. The Morgan fingerprint density at radius 3 is 1.54 bits per heavy atom. The van der Waals surface area contributed by atoms with Crippen molar-refractivity contribution in [3.8, 4) is 22.5 Å². The molecule has 0 saturated carbocycles. The summed E-state index contributed by atoms with van der Waals surface area (Å²) in [5.41, 5.74) is 0.944. The van der Waals surface area contributed by atoms with E-state index in [9.17, 15) is 20.2 Å². The van der Waals surface area contributed by atoms with Crippen molar-refractivity contribution in [3.63, 3.8) is 0 Å². The normalized spacial score (nSPS) is 10.3. The summed E-state index contributed by atoms with van der Waals surface area (Å²) in [7, 11) is 0. The highest BCUT2D eigenvalue weighted by molar-refractivity contribution is 5.74. The first-order chi connectivity index (χ1) is 11.6. The van der Waals surface area contributed by atoms with Crippen molar-refractivity contribution in [2.45, 2.75) is 0 Å². The van der Waals surface area contributed by atoms with Gasteiger partial charge in [-0.2, -0.15) is 0 Å². The Morgan fingerprint density at radius 2 is 1.12 bits per heavy atom. The second-order valence-corrected chi connectivity index (χ2v) is 4.84. The molecule has 0 saturated heterocycles. The molecule has 0 atom stereocenters. The molecule has 0 amide bonds. The fraction of sp³-hybridized carbons (Fsp3) is 0. The van der Waals surface area contributed by atoms with Crippen molar-refractivity contribution in [2.75, 3.05) is 0 Å². The van der Waals surface area contributed by atoms with E-state index in [-0.39, 0.29) is 22.8 Å². The molecule has 3 aromatic rings. The molecule has 2 aromatic carbocycles. The van der Waals surface area contributed by atoms with Crippen LogP contribution in [-0.2, 0) is 0 Å². The van der Waals surface area contributed by atoms with Gasteiger partial charge in [-0.25, -0.2) is 4.98 Å². The third kappa shape index (κ3) is 2.80. The summed E-state index contributed by atoms with van der Waals surface area (Å²) in [6.45, 7) is 0. The summed E-state index contributed by atoms with van der Waals surface area (Å²) in [5, 5.41) is 22.3. The Kier molecular flexibility index (Phi) is 3.94. The lowest BCUT2D eigenvalue weighted by molar-refractivity contribution is -0.384. The van der Waals surface area contributed by atoms with Gasteiger partial charge in [0.15, 0.2) is 0 Å². The first kappa shape index (κ1) is 15.2. The summed E-state index contributed by atoms with van der Waals surface area (Å²) in [6, 6.07) is 12.3. The number of nitro groups is 2. The number of rotatable bonds is 4. The summed E-state index contributed by atoms with van der Waals surface area (Å²) in [4.78, 5) is 29.7. The highest BCUT2D eigenvalue weighted by Crippen LogP contribution is 2.31. The molecule has 1 aromatic heterocycles. The zero-order valence-electron chi connectivity index (χ0n) is 12.2. The van der Waals surface area contributed by atoms with Crippen LogP contribution < -0.4 is 0 Å². The molecular formula is C16H10N4O4. The van der Waals surface area contributed by atoms with Crippen LogP contribution in [0.15, 0.2) is 60.9 Å². The highest BCUT2D eigenvalue weighted by atomic mass is 16.6. The van der Waals surface area contributed by atoms with Gasteiger partial charge < -0.3 is 0 Å². The molecule has 8 nitrogen and oxygen atoms in total. The first-order valence-electron chi connectivity index (χ1n) is 6.87. The largest absolute Gasteiger partial charge is 0.278 e. The lowest BCUT2D eigenvalue weighted by Crippen LogP contribution is -1.97. The second-order valence-electron chi connectivity index (χ2n) is 4.84. The Balaban J connectivity index is 2.16. The van der Waals surface area contributed by atoms with E-state index < -0.39 is 9.85 Å². The SMILES string of the molecule is O=[N+]([O-])c1ccccc1-c1cncc(-c2ccccc2[N+](=O)[O-])n1. The van der Waals surface area contributed by atoms with Crippen LogP contribution in [0.2, 0.25) is 0 Å². The van der Waals surface area contributed by atoms with Crippen molar-refractivity contribution in [1.82, 2.24) is 9.97 Å². The van der Waals surface area contributed by atoms with E-state index in [1.807, 2.05) is 0 Å². The minimum Gasteiger partial charge on any atom is -0.260 e. The number of nitrogens with zero attached hydrogens (tertiary/aromatic N) is 4. The molecule has 0 bridgehead atoms. The van der Waals surface area contributed by atoms with Crippen LogP contribution in [0, 0.1) is 20.2 Å². The van der Waals surface area contributed by atoms with Gasteiger partial charge in [-0.05, 0) is 12.1 Å². The quantitative estimate of drug-likeness (QED) is 0.535. The van der Waals surface area contributed by atoms with Gasteiger partial charge in [0.2, 0.25) is 0 Å². The summed E-state index contributed by atoms with van der Waals surface area (Å²) in [5.74, 6) is 0. The van der Waals surface area contributed by atoms with Crippen molar-refractivity contribution in [1.29, 1.82) is 0 Å². The van der Waals surface area contributed by atoms with E-state index in [0.717, 1.165) is 0 Å². The third-order valence-corrected chi connectivity index (χ3v) is 3.39. The zero-order valence-corrected chi connectivity index (χ0v) is 12.2. The minimum absolute atomic E-state index is 0.105. The number of para-hydroxylation sites is 2. The standard InChI is InChI=1S/C16H10N4O4/c21-19(22)15-7-3-1-5-11(15)13-9-17-10-14(18-13)12-6-2-4-8-16(12)20(23)24/h1-10H. The van der Waals surface area contributed by atoms with Crippen molar-refractivity contribution < 1.29 is 9.85 Å². The van der Waals surface area contributed by atoms with E-state index in [1.165, 1.54) is 24.5 Å². The maximum absolute atomic E-state index is 11.2. The van der Waals surface area contributed by atoms with Gasteiger partial charge in [0, 0.05) is 12.1 Å². The minimum atomic E-state index is -0.505. The average Bonchev–Trinajstić information content (AvgIpc) is 2.61. The molecular weight excluding hydrogens is 312 g/mol. The van der Waals surface area contributed by atoms with E-state index in [4.69, 9.17) is 0 Å². The molecule has 0 fully saturated rings. The van der Waals surface area contributed by atoms with Crippen LogP contribution in [0.25, 0.3) is 22.5 Å². The molecule has 1 heterocycles. The number of hydrogen-bond donors (Lipinski definition) is 0. The lowest BCUT2D eigenvalue weighted by atomic mass is 10.1. The maximum atomic E-state index is 11.2. The van der Waals surface area contributed by atoms with Crippen molar-refractivity contribution in [3.05, 3.63) is 81.2 Å². The fourth-order valence-electron chi connectivity index (χ4n) is 2.32. The van der Waals surface area contributed by atoms with E-state index in [1.54, 1.807) is 36.4 Å². The molecule has 118 valence electrons. The monoisotopic (exact) mass is 322 g/mol. The van der Waals surface area contributed by atoms with Gasteiger partial charge in [-0.3, -0.25) is 25.2 Å². The molecule has 0 aliphatic rings. The van der Waals surface area contributed by atoms with Crippen LogP contribution in [0.4, 0.5) is 11.4 Å². The average molecular weight is 322 g/mol. The zero-order chi connectivity index (χ0) is 17.1. The molecule has 0 spiro atoms. The van der Waals surface area contributed by atoms with Gasteiger partial charge in [0.05, 0.1) is 44.8 Å². The Morgan fingerprint density at radius 1 is 0.708 bits per heavy atom. The molecule has 3 rings (SSSR count). The molecule has 0 aliphatic heterocycles. The Labute approximate surface area is 135 Å². The molecule has 24 heavy (non-hydrogen) atoms. The maximum Gasteiger partial charge on any atom is 0.278 e. The second kappa shape index (κ2) is 6.21. The predicted octanol–water partition coefficient (Wildman–Crippen LogP) is 3.63. The Bertz CT molecular complexity index is 870. The van der Waals surface area contributed by atoms with Gasteiger partial charge in [0.1, 0.15) is 0 Å². The van der Waals surface area contributed by atoms with Gasteiger partial charge in [0.25, 0.3) is 11.4 Å². The summed E-state index contributed by atoms with van der Waals surface area (Å²) < 4.78 is 0. The predicted molar refractivity (Wildman–Crippen MR) is 86.2 cm³/mol. The van der Waals surface area contributed by atoms with E-state index in [0.29, 0.717) is 11.1 Å². The molecule has 8 heteroatoms. The first-order valence-corrected chi connectivity index (χ1v) is 6.87. The van der Waals surface area contributed by atoms with Crippen molar-refractivity contribution >= 4 is 11.4 Å². The van der Waals surface area contributed by atoms with Crippen LogP contribution in [0.3, 0.4) is 0 Å². The molecule has 0 unspecified atom stereocenters. The lowest BCUT2D eigenvalue weighted by Gasteiger charge is -2.05.